The number of nitrogens with one attached hydrogen (secondary N) is 1. The van der Waals surface area contributed by atoms with E-state index in [1.165, 1.54) is 16.9 Å². The van der Waals surface area contributed by atoms with Gasteiger partial charge in [0.15, 0.2) is 0 Å². The fraction of sp³-hybridized carbons (Fsp3) is 0.474. The zero-order valence-corrected chi connectivity index (χ0v) is 13.4. The number of furan rings is 1. The lowest BCUT2D eigenvalue weighted by Crippen LogP contribution is -2.34. The maximum atomic E-state index is 5.92. The first-order valence-corrected chi connectivity index (χ1v) is 7.85. The van der Waals surface area contributed by atoms with Crippen LogP contribution < -0.4 is 5.32 Å². The first kappa shape index (κ1) is 14.4. The van der Waals surface area contributed by atoms with Gasteiger partial charge in [0.1, 0.15) is 11.5 Å². The van der Waals surface area contributed by atoms with E-state index in [0.717, 1.165) is 18.6 Å². The van der Waals surface area contributed by atoms with E-state index in [2.05, 4.69) is 62.5 Å². The summed E-state index contributed by atoms with van der Waals surface area (Å²) in [4.78, 5) is 0. The van der Waals surface area contributed by atoms with Crippen LogP contribution in [0.4, 0.5) is 0 Å². The van der Waals surface area contributed by atoms with Gasteiger partial charge in [0, 0.05) is 24.1 Å². The Morgan fingerprint density at radius 2 is 1.95 bits per heavy atom. The van der Waals surface area contributed by atoms with E-state index in [9.17, 15) is 0 Å². The Balaban J connectivity index is 1.84. The first-order valence-electron chi connectivity index (χ1n) is 7.85. The molecule has 1 aromatic heterocycles. The predicted octanol–water partition coefficient (Wildman–Crippen LogP) is 4.95. The van der Waals surface area contributed by atoms with Crippen molar-refractivity contribution in [1.82, 2.24) is 5.32 Å². The fourth-order valence-electron chi connectivity index (χ4n) is 3.47. The smallest absolute Gasteiger partial charge is 0.109 e. The van der Waals surface area contributed by atoms with Gasteiger partial charge in [0.25, 0.3) is 0 Å². The Morgan fingerprint density at radius 1 is 1.24 bits per heavy atom. The summed E-state index contributed by atoms with van der Waals surface area (Å²) >= 11 is 0. The number of rotatable bonds is 3. The average Bonchev–Trinajstić information content (AvgIpc) is 2.78. The van der Waals surface area contributed by atoms with Crippen molar-refractivity contribution in [3.8, 4) is 0 Å². The van der Waals surface area contributed by atoms with Gasteiger partial charge in [0.2, 0.25) is 0 Å². The Hall–Kier alpha value is -1.54. The van der Waals surface area contributed by atoms with Crippen molar-refractivity contribution < 1.29 is 4.42 Å². The second-order valence-electron chi connectivity index (χ2n) is 7.13. The summed E-state index contributed by atoms with van der Waals surface area (Å²) < 4.78 is 5.92. The van der Waals surface area contributed by atoms with Gasteiger partial charge in [-0.25, -0.2) is 0 Å². The SMILES string of the molecule is Cc1cc2c(o1)CC(C)(C)CC2NC(C)c1ccccc1. The minimum Gasteiger partial charge on any atom is -0.466 e. The van der Waals surface area contributed by atoms with E-state index in [0.29, 0.717) is 12.1 Å². The van der Waals surface area contributed by atoms with Crippen molar-refractivity contribution in [3.05, 3.63) is 59.0 Å². The molecule has 2 aromatic rings. The number of hydrogen-bond acceptors (Lipinski definition) is 2. The molecule has 1 aromatic carbocycles. The maximum Gasteiger partial charge on any atom is 0.109 e. The molecule has 1 aliphatic rings. The molecule has 0 fully saturated rings. The van der Waals surface area contributed by atoms with Gasteiger partial charge < -0.3 is 9.73 Å². The third-order valence-electron chi connectivity index (χ3n) is 4.49. The second-order valence-corrected chi connectivity index (χ2v) is 7.13. The van der Waals surface area contributed by atoms with Crippen molar-refractivity contribution in [1.29, 1.82) is 0 Å². The summed E-state index contributed by atoms with van der Waals surface area (Å²) in [5.41, 5.74) is 2.98. The van der Waals surface area contributed by atoms with Crippen LogP contribution in [0.3, 0.4) is 0 Å². The molecule has 0 saturated carbocycles. The van der Waals surface area contributed by atoms with Gasteiger partial charge in [-0.3, -0.25) is 0 Å². The number of hydrogen-bond donors (Lipinski definition) is 1. The molecule has 1 aliphatic carbocycles. The zero-order valence-electron chi connectivity index (χ0n) is 13.4. The van der Waals surface area contributed by atoms with E-state index in [1.807, 2.05) is 6.92 Å². The Labute approximate surface area is 127 Å². The van der Waals surface area contributed by atoms with E-state index >= 15 is 0 Å². The molecule has 0 aliphatic heterocycles. The number of aryl methyl sites for hydroxylation is 1. The van der Waals surface area contributed by atoms with E-state index in [-0.39, 0.29) is 5.41 Å². The quantitative estimate of drug-likeness (QED) is 0.862. The molecule has 2 nitrogen and oxygen atoms in total. The Bertz CT molecular complexity index is 612. The molecule has 2 unspecified atom stereocenters. The lowest BCUT2D eigenvalue weighted by molar-refractivity contribution is 0.226. The molecular formula is C19H25NO. The van der Waals surface area contributed by atoms with Gasteiger partial charge in [0.05, 0.1) is 0 Å². The topological polar surface area (TPSA) is 25.2 Å². The third kappa shape index (κ3) is 3.06. The minimum atomic E-state index is 0.283. The van der Waals surface area contributed by atoms with E-state index < -0.39 is 0 Å². The first-order chi connectivity index (χ1) is 9.94. The highest BCUT2D eigenvalue weighted by Crippen LogP contribution is 2.42. The number of fused-ring (bicyclic) bond motifs is 1. The highest BCUT2D eigenvalue weighted by molar-refractivity contribution is 5.30. The normalized spacial score (nSPS) is 21.8. The highest BCUT2D eigenvalue weighted by Gasteiger charge is 2.35. The summed E-state index contributed by atoms with van der Waals surface area (Å²) in [6.07, 6.45) is 2.18. The largest absolute Gasteiger partial charge is 0.466 e. The molecule has 1 N–H and O–H groups in total. The Kier molecular flexibility index (Phi) is 3.66. The van der Waals surface area contributed by atoms with Crippen LogP contribution >= 0.6 is 0 Å². The predicted molar refractivity (Wildman–Crippen MR) is 86.3 cm³/mol. The molecule has 0 bridgehead atoms. The molecule has 0 saturated heterocycles. The molecule has 2 heteroatoms. The maximum absolute atomic E-state index is 5.92. The van der Waals surface area contributed by atoms with Gasteiger partial charge in [-0.05, 0) is 37.3 Å². The van der Waals surface area contributed by atoms with Crippen molar-refractivity contribution >= 4 is 0 Å². The van der Waals surface area contributed by atoms with Crippen LogP contribution in [0.2, 0.25) is 0 Å². The number of benzene rings is 1. The molecule has 21 heavy (non-hydrogen) atoms. The van der Waals surface area contributed by atoms with E-state index in [4.69, 9.17) is 4.42 Å². The van der Waals surface area contributed by atoms with Crippen LogP contribution in [-0.2, 0) is 6.42 Å². The molecule has 112 valence electrons. The molecule has 0 spiro atoms. The lowest BCUT2D eigenvalue weighted by Gasteiger charge is -2.36. The van der Waals surface area contributed by atoms with Crippen LogP contribution in [0.5, 0.6) is 0 Å². The van der Waals surface area contributed by atoms with Crippen molar-refractivity contribution in [2.75, 3.05) is 0 Å². The minimum absolute atomic E-state index is 0.283. The standard InChI is InChI=1S/C19H25NO/c1-13-10-16-17(11-19(3,4)12-18(16)21-13)20-14(2)15-8-6-5-7-9-15/h5-10,14,17,20H,11-12H2,1-4H3. The summed E-state index contributed by atoms with van der Waals surface area (Å²) in [6, 6.07) is 13.6. The summed E-state index contributed by atoms with van der Waals surface area (Å²) in [5, 5.41) is 3.80. The van der Waals surface area contributed by atoms with E-state index in [1.54, 1.807) is 0 Å². The van der Waals surface area contributed by atoms with Crippen molar-refractivity contribution in [3.63, 3.8) is 0 Å². The van der Waals surface area contributed by atoms with Crippen LogP contribution in [-0.4, -0.2) is 0 Å². The average molecular weight is 283 g/mol. The molecule has 0 amide bonds. The zero-order chi connectivity index (χ0) is 15.0. The third-order valence-corrected chi connectivity index (χ3v) is 4.49. The van der Waals surface area contributed by atoms with Crippen LogP contribution in [0.15, 0.2) is 40.8 Å². The Morgan fingerprint density at radius 3 is 2.67 bits per heavy atom. The molecule has 3 rings (SSSR count). The summed E-state index contributed by atoms with van der Waals surface area (Å²) in [6.45, 7) is 8.94. The van der Waals surface area contributed by atoms with Crippen LogP contribution in [0, 0.1) is 12.3 Å². The van der Waals surface area contributed by atoms with Crippen LogP contribution in [0.1, 0.15) is 61.9 Å². The summed E-state index contributed by atoms with van der Waals surface area (Å²) in [5.74, 6) is 2.19. The van der Waals surface area contributed by atoms with Gasteiger partial charge in [-0.1, -0.05) is 44.2 Å². The second kappa shape index (κ2) is 5.34. The van der Waals surface area contributed by atoms with Gasteiger partial charge in [-0.15, -0.1) is 0 Å². The lowest BCUT2D eigenvalue weighted by atomic mass is 9.74. The molecular weight excluding hydrogens is 258 g/mol. The van der Waals surface area contributed by atoms with Gasteiger partial charge in [-0.2, -0.15) is 0 Å². The fourth-order valence-corrected chi connectivity index (χ4v) is 3.47. The van der Waals surface area contributed by atoms with Crippen LogP contribution in [0.25, 0.3) is 0 Å². The summed E-state index contributed by atoms with van der Waals surface area (Å²) in [7, 11) is 0. The monoisotopic (exact) mass is 283 g/mol. The van der Waals surface area contributed by atoms with Gasteiger partial charge >= 0.3 is 0 Å². The van der Waals surface area contributed by atoms with Crippen molar-refractivity contribution in [2.45, 2.75) is 52.6 Å². The highest BCUT2D eigenvalue weighted by atomic mass is 16.3. The van der Waals surface area contributed by atoms with Crippen molar-refractivity contribution in [2.24, 2.45) is 5.41 Å². The molecule has 2 atom stereocenters. The molecule has 0 radical (unpaired) electrons. The molecule has 1 heterocycles.